The smallest absolute Gasteiger partial charge is 0.133 e. The highest BCUT2D eigenvalue weighted by Crippen LogP contribution is 2.34. The molecule has 20 heavy (non-hydrogen) atoms. The van der Waals surface area contributed by atoms with Crippen LogP contribution in [0.4, 0.5) is 5.82 Å². The van der Waals surface area contributed by atoms with E-state index in [0.29, 0.717) is 5.54 Å². The summed E-state index contributed by atoms with van der Waals surface area (Å²) in [6.07, 6.45) is 7.11. The van der Waals surface area contributed by atoms with Gasteiger partial charge in [0.1, 0.15) is 5.82 Å². The first-order valence-electron chi connectivity index (χ1n) is 7.46. The van der Waals surface area contributed by atoms with Crippen molar-refractivity contribution in [2.24, 2.45) is 0 Å². The van der Waals surface area contributed by atoms with Gasteiger partial charge in [-0.15, -0.1) is 0 Å². The second-order valence-corrected chi connectivity index (χ2v) is 6.06. The van der Waals surface area contributed by atoms with Gasteiger partial charge in [-0.05, 0) is 38.4 Å². The molecule has 0 unspecified atom stereocenters. The number of likely N-dealkylation sites (N-methyl/N-ethyl adjacent to an activating group) is 1. The predicted molar refractivity (Wildman–Crippen MR) is 85.1 cm³/mol. The van der Waals surface area contributed by atoms with Crippen molar-refractivity contribution >= 4 is 16.6 Å². The lowest BCUT2D eigenvalue weighted by atomic mass is 9.96. The van der Waals surface area contributed by atoms with Crippen LogP contribution in [0.3, 0.4) is 0 Å². The quantitative estimate of drug-likeness (QED) is 0.920. The standard InChI is InChI=1S/C17H23N3/c1-20(2)17(10-5-6-11-17)13-19-16-15-8-4-3-7-14(15)9-12-18-16/h3-4,7-9,12H,5-6,10-11,13H2,1-2H3,(H,18,19). The van der Waals surface area contributed by atoms with Crippen molar-refractivity contribution in [2.75, 3.05) is 26.0 Å². The highest BCUT2D eigenvalue weighted by Gasteiger charge is 2.35. The Morgan fingerprint density at radius 1 is 1.15 bits per heavy atom. The van der Waals surface area contributed by atoms with Crippen LogP contribution in [0.25, 0.3) is 10.8 Å². The molecular weight excluding hydrogens is 246 g/mol. The third-order valence-corrected chi connectivity index (χ3v) is 4.74. The first kappa shape index (κ1) is 13.4. The van der Waals surface area contributed by atoms with Gasteiger partial charge in [-0.2, -0.15) is 0 Å². The summed E-state index contributed by atoms with van der Waals surface area (Å²) in [7, 11) is 4.40. The number of benzene rings is 1. The maximum absolute atomic E-state index is 4.53. The molecule has 1 saturated carbocycles. The van der Waals surface area contributed by atoms with Crippen LogP contribution in [0.5, 0.6) is 0 Å². The average molecular weight is 269 g/mol. The normalized spacial score (nSPS) is 17.8. The van der Waals surface area contributed by atoms with Gasteiger partial charge in [-0.1, -0.05) is 37.1 Å². The van der Waals surface area contributed by atoms with Crippen LogP contribution in [-0.4, -0.2) is 36.1 Å². The van der Waals surface area contributed by atoms with E-state index in [1.54, 1.807) is 0 Å². The molecule has 0 amide bonds. The number of hydrogen-bond acceptors (Lipinski definition) is 3. The Kier molecular flexibility index (Phi) is 3.62. The van der Waals surface area contributed by atoms with E-state index in [9.17, 15) is 0 Å². The molecule has 0 aliphatic heterocycles. The molecule has 1 fully saturated rings. The van der Waals surface area contributed by atoms with Crippen molar-refractivity contribution in [1.82, 2.24) is 9.88 Å². The van der Waals surface area contributed by atoms with Crippen LogP contribution >= 0.6 is 0 Å². The van der Waals surface area contributed by atoms with E-state index in [1.807, 2.05) is 6.20 Å². The minimum Gasteiger partial charge on any atom is -0.368 e. The third kappa shape index (κ3) is 2.38. The summed E-state index contributed by atoms with van der Waals surface area (Å²) in [4.78, 5) is 6.92. The van der Waals surface area contributed by atoms with E-state index in [2.05, 4.69) is 59.6 Å². The molecule has 0 spiro atoms. The molecule has 1 aliphatic carbocycles. The molecule has 0 saturated heterocycles. The van der Waals surface area contributed by atoms with E-state index in [0.717, 1.165) is 12.4 Å². The summed E-state index contributed by atoms with van der Waals surface area (Å²) in [5.41, 5.74) is 0.290. The molecular formula is C17H23N3. The van der Waals surface area contributed by atoms with Crippen LogP contribution < -0.4 is 5.32 Å². The highest BCUT2D eigenvalue weighted by molar-refractivity contribution is 5.91. The zero-order valence-corrected chi connectivity index (χ0v) is 12.4. The zero-order chi connectivity index (χ0) is 14.0. The van der Waals surface area contributed by atoms with Gasteiger partial charge in [-0.25, -0.2) is 4.98 Å². The molecule has 0 atom stereocenters. The summed E-state index contributed by atoms with van der Waals surface area (Å²) < 4.78 is 0. The number of pyridine rings is 1. The van der Waals surface area contributed by atoms with Crippen molar-refractivity contribution in [2.45, 2.75) is 31.2 Å². The van der Waals surface area contributed by atoms with Crippen LogP contribution in [0.1, 0.15) is 25.7 Å². The fourth-order valence-electron chi connectivity index (χ4n) is 3.32. The summed E-state index contributed by atoms with van der Waals surface area (Å²) >= 11 is 0. The maximum Gasteiger partial charge on any atom is 0.133 e. The summed E-state index contributed by atoms with van der Waals surface area (Å²) in [5, 5.41) is 6.05. The second kappa shape index (κ2) is 5.41. The van der Waals surface area contributed by atoms with Crippen LogP contribution in [0, 0.1) is 0 Å². The molecule has 1 heterocycles. The van der Waals surface area contributed by atoms with Crippen molar-refractivity contribution in [3.63, 3.8) is 0 Å². The number of hydrogen-bond donors (Lipinski definition) is 1. The lowest BCUT2D eigenvalue weighted by Crippen LogP contribution is -2.47. The van der Waals surface area contributed by atoms with Gasteiger partial charge in [-0.3, -0.25) is 0 Å². The van der Waals surface area contributed by atoms with E-state index >= 15 is 0 Å². The van der Waals surface area contributed by atoms with E-state index in [-0.39, 0.29) is 0 Å². The largest absolute Gasteiger partial charge is 0.368 e. The number of nitrogens with one attached hydrogen (secondary N) is 1. The summed E-state index contributed by atoms with van der Waals surface area (Å²) in [6.45, 7) is 0.973. The first-order chi connectivity index (χ1) is 9.71. The first-order valence-corrected chi connectivity index (χ1v) is 7.46. The second-order valence-electron chi connectivity index (χ2n) is 6.06. The van der Waals surface area contributed by atoms with E-state index < -0.39 is 0 Å². The molecule has 3 heteroatoms. The number of fused-ring (bicyclic) bond motifs is 1. The van der Waals surface area contributed by atoms with Gasteiger partial charge in [0.25, 0.3) is 0 Å². The van der Waals surface area contributed by atoms with Crippen LogP contribution in [0.2, 0.25) is 0 Å². The van der Waals surface area contributed by atoms with E-state index in [1.165, 1.54) is 36.5 Å². The van der Waals surface area contributed by atoms with Crippen molar-refractivity contribution in [3.05, 3.63) is 36.5 Å². The summed E-state index contributed by atoms with van der Waals surface area (Å²) in [5.74, 6) is 1.01. The molecule has 1 aliphatic rings. The number of nitrogens with zero attached hydrogens (tertiary/aromatic N) is 2. The fourth-order valence-corrected chi connectivity index (χ4v) is 3.32. The average Bonchev–Trinajstić information content (AvgIpc) is 2.95. The Hall–Kier alpha value is -1.61. The maximum atomic E-state index is 4.53. The number of rotatable bonds is 4. The van der Waals surface area contributed by atoms with Gasteiger partial charge in [0.2, 0.25) is 0 Å². The van der Waals surface area contributed by atoms with Crippen molar-refractivity contribution < 1.29 is 0 Å². The lowest BCUT2D eigenvalue weighted by molar-refractivity contribution is 0.172. The van der Waals surface area contributed by atoms with Crippen molar-refractivity contribution in [3.8, 4) is 0 Å². The topological polar surface area (TPSA) is 28.2 Å². The zero-order valence-electron chi connectivity index (χ0n) is 12.4. The molecule has 106 valence electrons. The number of anilines is 1. The minimum atomic E-state index is 0.290. The molecule has 3 rings (SSSR count). The monoisotopic (exact) mass is 269 g/mol. The van der Waals surface area contributed by atoms with Gasteiger partial charge in [0.15, 0.2) is 0 Å². The molecule has 1 N–H and O–H groups in total. The van der Waals surface area contributed by atoms with E-state index in [4.69, 9.17) is 0 Å². The number of aromatic nitrogens is 1. The fraction of sp³-hybridized carbons (Fsp3) is 0.471. The molecule has 0 bridgehead atoms. The minimum absolute atomic E-state index is 0.290. The van der Waals surface area contributed by atoms with Crippen molar-refractivity contribution in [1.29, 1.82) is 0 Å². The summed E-state index contributed by atoms with van der Waals surface area (Å²) in [6, 6.07) is 10.5. The SMILES string of the molecule is CN(C)C1(CNc2nccc3ccccc23)CCCC1. The Balaban J connectivity index is 1.83. The Morgan fingerprint density at radius 2 is 1.90 bits per heavy atom. The lowest BCUT2D eigenvalue weighted by Gasteiger charge is -2.36. The Morgan fingerprint density at radius 3 is 2.65 bits per heavy atom. The molecule has 2 aromatic rings. The van der Waals surface area contributed by atoms with Crippen LogP contribution in [-0.2, 0) is 0 Å². The van der Waals surface area contributed by atoms with Gasteiger partial charge >= 0.3 is 0 Å². The molecule has 1 aromatic carbocycles. The third-order valence-electron chi connectivity index (χ3n) is 4.74. The van der Waals surface area contributed by atoms with Gasteiger partial charge < -0.3 is 10.2 Å². The van der Waals surface area contributed by atoms with Crippen LogP contribution in [0.15, 0.2) is 36.5 Å². The van der Waals surface area contributed by atoms with Gasteiger partial charge in [0.05, 0.1) is 0 Å². The van der Waals surface area contributed by atoms with Gasteiger partial charge in [0, 0.05) is 23.7 Å². The highest BCUT2D eigenvalue weighted by atomic mass is 15.2. The Labute approximate surface area is 121 Å². The Bertz CT molecular complexity index is 580. The molecule has 0 radical (unpaired) electrons. The molecule has 3 nitrogen and oxygen atoms in total. The predicted octanol–water partition coefficient (Wildman–Crippen LogP) is 3.52. The molecule has 1 aromatic heterocycles.